The van der Waals surface area contributed by atoms with Crippen molar-refractivity contribution in [2.45, 2.75) is 88.9 Å². The summed E-state index contributed by atoms with van der Waals surface area (Å²) in [5.41, 5.74) is 3.82. The zero-order valence-electron chi connectivity index (χ0n) is 26.9. The number of nitrogens with zero attached hydrogens (tertiary/aromatic N) is 1. The third kappa shape index (κ3) is 7.52. The molecule has 1 fully saturated rings. The van der Waals surface area contributed by atoms with Crippen LogP contribution < -0.4 is 19.7 Å². The van der Waals surface area contributed by atoms with Gasteiger partial charge in [0.15, 0.2) is 0 Å². The van der Waals surface area contributed by atoms with Crippen LogP contribution >= 0.6 is 11.6 Å². The summed E-state index contributed by atoms with van der Waals surface area (Å²) in [6, 6.07) is 11.9. The number of carbonyl (C=O) groups excluding carboxylic acids is 2. The molecule has 45 heavy (non-hydrogen) atoms. The van der Waals surface area contributed by atoms with Gasteiger partial charge >= 0.3 is 0 Å². The number of carbonyl (C=O) groups is 2. The molecule has 2 aromatic carbocycles. The molecule has 0 radical (unpaired) electrons. The fourth-order valence-electron chi connectivity index (χ4n) is 7.42. The van der Waals surface area contributed by atoms with Crippen LogP contribution in [0.5, 0.6) is 5.75 Å². The first-order valence-electron chi connectivity index (χ1n) is 16.4. The predicted octanol–water partition coefficient (Wildman–Crippen LogP) is 5.55. The largest absolute Gasteiger partial charge is 0.490 e. The zero-order chi connectivity index (χ0) is 32.3. The van der Waals surface area contributed by atoms with Crippen molar-refractivity contribution in [1.82, 2.24) is 10.0 Å². The number of aliphatic hydroxyl groups excluding tert-OH is 1. The standard InChI is InChI=1S/C32H41ClN2O4S.C3H7NO/c1-20-5-3-7-29(36)26-11-8-24(26)17-35-18-32(14-4-6-22-15-25(33)10-12-27(22)32)19-39-30-13-9-23(16-28(30)35)31(37)34-40(38)21(20)2;1-3(5)4-2/h9-10,12-13,15-16,20-21,24,26,29,36H,3-8,11,14,17-19H2,1-2H3,(H,34,37);1-2H3,(H,4,5)/t20?,21?,24?,26?,29?,32-,40?;/m0./s1. The van der Waals surface area contributed by atoms with Crippen LogP contribution in [0.2, 0.25) is 5.02 Å². The van der Waals surface area contributed by atoms with E-state index < -0.39 is 11.0 Å². The van der Waals surface area contributed by atoms with E-state index in [2.05, 4.69) is 34.0 Å². The topological polar surface area (TPSA) is 108 Å². The lowest BCUT2D eigenvalue weighted by Gasteiger charge is -2.46. The number of aryl methyl sites for hydroxylation is 1. The molecule has 2 aliphatic heterocycles. The molecule has 1 spiro atoms. The Hall–Kier alpha value is -2.62. The third-order valence-corrected chi connectivity index (χ3v) is 12.3. The number of hydrogen-bond donors (Lipinski definition) is 3. The molecule has 6 unspecified atom stereocenters. The molecule has 0 aromatic heterocycles. The summed E-state index contributed by atoms with van der Waals surface area (Å²) in [5.74, 6) is 1.31. The molecule has 2 aromatic rings. The van der Waals surface area contributed by atoms with E-state index in [0.29, 0.717) is 18.1 Å². The van der Waals surface area contributed by atoms with Gasteiger partial charge in [0.05, 0.1) is 23.6 Å². The molecule has 8 nitrogen and oxygen atoms in total. The summed E-state index contributed by atoms with van der Waals surface area (Å²) in [6.45, 7) is 7.64. The van der Waals surface area contributed by atoms with E-state index in [1.54, 1.807) is 13.1 Å². The molecule has 7 atom stereocenters. The van der Waals surface area contributed by atoms with Crippen molar-refractivity contribution in [1.29, 1.82) is 0 Å². The minimum Gasteiger partial charge on any atom is -0.490 e. The lowest BCUT2D eigenvalue weighted by molar-refractivity contribution is -0.118. The quantitative estimate of drug-likeness (QED) is 0.343. The van der Waals surface area contributed by atoms with Crippen LogP contribution in [0.1, 0.15) is 87.2 Å². The van der Waals surface area contributed by atoms with Gasteiger partial charge in [0.1, 0.15) is 16.7 Å². The van der Waals surface area contributed by atoms with Crippen molar-refractivity contribution >= 4 is 40.1 Å². The van der Waals surface area contributed by atoms with Gasteiger partial charge in [0.25, 0.3) is 5.91 Å². The Labute approximate surface area is 275 Å². The summed E-state index contributed by atoms with van der Waals surface area (Å²) in [4.78, 5) is 25.4. The maximum Gasteiger partial charge on any atom is 0.263 e. The van der Waals surface area contributed by atoms with Gasteiger partial charge in [0.2, 0.25) is 5.91 Å². The molecule has 2 amide bonds. The van der Waals surface area contributed by atoms with Gasteiger partial charge in [-0.1, -0.05) is 31.0 Å². The fourth-order valence-corrected chi connectivity index (χ4v) is 8.66. The van der Waals surface area contributed by atoms with E-state index in [0.717, 1.165) is 80.9 Å². The number of rotatable bonds is 0. The van der Waals surface area contributed by atoms with Crippen molar-refractivity contribution in [3.63, 3.8) is 0 Å². The molecular weight excluding hydrogens is 610 g/mol. The molecule has 4 aliphatic rings. The van der Waals surface area contributed by atoms with Crippen molar-refractivity contribution in [3.8, 4) is 5.75 Å². The van der Waals surface area contributed by atoms with E-state index in [1.165, 1.54) is 18.1 Å². The predicted molar refractivity (Wildman–Crippen MR) is 180 cm³/mol. The fraction of sp³-hybridized carbons (Fsp3) is 0.600. The lowest BCUT2D eigenvalue weighted by Crippen LogP contribution is -2.49. The molecule has 0 saturated heterocycles. The summed E-state index contributed by atoms with van der Waals surface area (Å²) in [6.07, 6.45) is 7.47. The summed E-state index contributed by atoms with van der Waals surface area (Å²) >= 11 is 6.39. The summed E-state index contributed by atoms with van der Waals surface area (Å²) in [5, 5.41) is 14.2. The first-order chi connectivity index (χ1) is 21.5. The molecule has 6 rings (SSSR count). The molecule has 2 aliphatic carbocycles. The van der Waals surface area contributed by atoms with E-state index in [4.69, 9.17) is 16.3 Å². The number of ether oxygens (including phenoxy) is 1. The van der Waals surface area contributed by atoms with Gasteiger partial charge in [-0.25, -0.2) is 4.21 Å². The number of aliphatic hydroxyl groups is 1. The van der Waals surface area contributed by atoms with Gasteiger partial charge in [0, 0.05) is 43.1 Å². The Balaban J connectivity index is 0.000000743. The average Bonchev–Trinajstić information content (AvgIpc) is 3.15. The molecule has 2 bridgehead atoms. The van der Waals surface area contributed by atoms with E-state index in [1.807, 2.05) is 25.1 Å². The first kappa shape index (κ1) is 33.7. The molecule has 3 N–H and O–H groups in total. The molecular formula is C35H48ClN3O5S. The second-order valence-electron chi connectivity index (χ2n) is 13.5. The minimum atomic E-state index is -1.50. The first-order valence-corrected chi connectivity index (χ1v) is 18.0. The maximum atomic E-state index is 13.3. The highest BCUT2D eigenvalue weighted by atomic mass is 35.5. The van der Waals surface area contributed by atoms with E-state index in [-0.39, 0.29) is 40.4 Å². The van der Waals surface area contributed by atoms with Crippen LogP contribution in [0.3, 0.4) is 0 Å². The van der Waals surface area contributed by atoms with Crippen molar-refractivity contribution in [2.24, 2.45) is 17.8 Å². The highest BCUT2D eigenvalue weighted by Crippen LogP contribution is 2.47. The van der Waals surface area contributed by atoms with E-state index in [9.17, 15) is 18.9 Å². The average molecular weight is 658 g/mol. The second-order valence-corrected chi connectivity index (χ2v) is 15.5. The van der Waals surface area contributed by atoms with Crippen LogP contribution in [0.15, 0.2) is 36.4 Å². The maximum absolute atomic E-state index is 13.3. The highest BCUT2D eigenvalue weighted by molar-refractivity contribution is 7.84. The molecule has 246 valence electrons. The SMILES string of the molecule is CC1CCCC(O)C2CCC2CN2C[C@@]3(CCCc4cc(Cl)ccc43)COc3ccc(cc32)C(=O)NS(=O)C1C.CNC(C)=O. The summed E-state index contributed by atoms with van der Waals surface area (Å²) in [7, 11) is 0.103. The second kappa shape index (κ2) is 14.4. The smallest absolute Gasteiger partial charge is 0.263 e. The Morgan fingerprint density at radius 2 is 1.91 bits per heavy atom. The normalized spacial score (nSPS) is 31.4. The number of halogens is 1. The van der Waals surface area contributed by atoms with Crippen LogP contribution in [-0.2, 0) is 27.6 Å². The van der Waals surface area contributed by atoms with Crippen molar-refractivity contribution in [2.75, 3.05) is 31.6 Å². The Bertz CT molecular complexity index is 1420. The van der Waals surface area contributed by atoms with Crippen molar-refractivity contribution in [3.05, 3.63) is 58.1 Å². The van der Waals surface area contributed by atoms with Gasteiger partial charge < -0.3 is 20.1 Å². The molecule has 2 heterocycles. The summed E-state index contributed by atoms with van der Waals surface area (Å²) < 4.78 is 22.4. The molecule has 1 saturated carbocycles. The lowest BCUT2D eigenvalue weighted by atomic mass is 9.68. The Kier molecular flexibility index (Phi) is 10.8. The number of anilines is 1. The zero-order valence-corrected chi connectivity index (χ0v) is 28.5. The van der Waals surface area contributed by atoms with Gasteiger partial charge in [-0.3, -0.25) is 14.3 Å². The van der Waals surface area contributed by atoms with Crippen LogP contribution in [0, 0.1) is 17.8 Å². The van der Waals surface area contributed by atoms with Crippen LogP contribution in [-0.4, -0.2) is 59.2 Å². The number of amides is 2. The monoisotopic (exact) mass is 657 g/mol. The van der Waals surface area contributed by atoms with Crippen LogP contribution in [0.25, 0.3) is 0 Å². The number of nitrogens with one attached hydrogen (secondary N) is 2. The number of benzene rings is 2. The number of fused-ring (bicyclic) bond motifs is 4. The van der Waals surface area contributed by atoms with Gasteiger partial charge in [-0.05, 0) is 111 Å². The molecule has 10 heteroatoms. The van der Waals surface area contributed by atoms with E-state index >= 15 is 0 Å². The number of hydrogen-bond acceptors (Lipinski definition) is 6. The Morgan fingerprint density at radius 1 is 1.13 bits per heavy atom. The third-order valence-electron chi connectivity index (χ3n) is 10.6. The highest BCUT2D eigenvalue weighted by Gasteiger charge is 2.44. The van der Waals surface area contributed by atoms with Gasteiger partial charge in [-0.15, -0.1) is 0 Å². The van der Waals surface area contributed by atoms with Crippen LogP contribution in [0.4, 0.5) is 5.69 Å². The minimum absolute atomic E-state index is 0.00463. The van der Waals surface area contributed by atoms with Gasteiger partial charge in [-0.2, -0.15) is 0 Å². The van der Waals surface area contributed by atoms with Crippen molar-refractivity contribution < 1.29 is 23.6 Å². The Morgan fingerprint density at radius 3 is 2.62 bits per heavy atom.